The zero-order valence-electron chi connectivity index (χ0n) is 32.6. The van der Waals surface area contributed by atoms with Crippen LogP contribution in [0.3, 0.4) is 0 Å². The molecule has 1 aliphatic rings. The van der Waals surface area contributed by atoms with Crippen molar-refractivity contribution in [1.82, 2.24) is 10.6 Å². The van der Waals surface area contributed by atoms with E-state index in [2.05, 4.69) is 28.8 Å². The summed E-state index contributed by atoms with van der Waals surface area (Å²) in [5.41, 5.74) is 5.43. The first kappa shape index (κ1) is 39.4. The molecule has 0 aromatic heterocycles. The second kappa shape index (κ2) is 18.0. The van der Waals surface area contributed by atoms with Gasteiger partial charge in [0.1, 0.15) is 18.2 Å². The number of carbonyl (C=O) groups excluding carboxylic acids is 3. The van der Waals surface area contributed by atoms with Crippen molar-refractivity contribution in [1.29, 1.82) is 5.26 Å². The first-order valence-electron chi connectivity index (χ1n) is 19.8. The summed E-state index contributed by atoms with van der Waals surface area (Å²) in [4.78, 5) is 43.8. The maximum absolute atomic E-state index is 15.0. The van der Waals surface area contributed by atoms with Gasteiger partial charge in [-0.1, -0.05) is 176 Å². The fraction of sp³-hybridized carbons (Fsp3) is 0.0962. The highest BCUT2D eigenvalue weighted by Gasteiger charge is 2.41. The molecule has 7 aromatic carbocycles. The van der Waals surface area contributed by atoms with Crippen LogP contribution in [-0.4, -0.2) is 35.7 Å². The van der Waals surface area contributed by atoms with Crippen LogP contribution in [0.25, 0.3) is 11.1 Å². The van der Waals surface area contributed by atoms with Crippen LogP contribution in [0.2, 0.25) is 0 Å². The molecule has 0 saturated carbocycles. The van der Waals surface area contributed by atoms with Crippen LogP contribution in [-0.2, 0) is 19.9 Å². The SMILES string of the molecule is N#CC(C(=O)[C@H](CC(=O)NC(c1ccccc1)(c1ccccc1)c1ccccc1)NC(=O)OCC1c2ccccc2-c2ccccc21)=[P+](c1ccccc1)c1ccccc1. The number of amides is 2. The standard InChI is InChI=1S/C52H40N3O4P/c53-35-48(60(40-26-12-4-13-27-40)41-28-14-5-15-29-41)50(57)47(54-51(58)59-36-46-44-32-18-16-30-42(44)43-31-17-19-33-45(43)46)34-49(56)55-52(37-20-6-1-7-21-37,38-22-8-2-9-23-38)39-24-10-3-11-25-39/h1-33,46-47H,34,36H2,(H-,54,55,56,58)/p+1/t47-/m0/s1. The number of ether oxygens (including phenoxy) is 1. The van der Waals surface area contributed by atoms with Crippen LogP contribution in [0, 0.1) is 11.3 Å². The molecule has 2 amide bonds. The van der Waals surface area contributed by atoms with E-state index >= 15 is 4.79 Å². The monoisotopic (exact) mass is 802 g/mol. The van der Waals surface area contributed by atoms with Gasteiger partial charge in [0.15, 0.2) is 24.2 Å². The van der Waals surface area contributed by atoms with Crippen molar-refractivity contribution in [3.63, 3.8) is 0 Å². The number of fused-ring (bicyclic) bond motifs is 3. The number of benzene rings is 7. The van der Waals surface area contributed by atoms with Gasteiger partial charge >= 0.3 is 6.09 Å². The van der Waals surface area contributed by atoms with Crippen molar-refractivity contribution >= 4 is 41.2 Å². The molecule has 0 spiro atoms. The van der Waals surface area contributed by atoms with Crippen LogP contribution >= 0.6 is 7.55 Å². The van der Waals surface area contributed by atoms with E-state index in [1.165, 1.54) is 0 Å². The Hall–Kier alpha value is -7.39. The highest BCUT2D eigenvalue weighted by Crippen LogP contribution is 2.44. The normalized spacial score (nSPS) is 12.2. The second-order valence-corrected chi connectivity index (χ2v) is 16.6. The van der Waals surface area contributed by atoms with Crippen molar-refractivity contribution < 1.29 is 19.1 Å². The van der Waals surface area contributed by atoms with E-state index in [0.29, 0.717) is 0 Å². The molecular weight excluding hydrogens is 762 g/mol. The third kappa shape index (κ3) is 8.02. The summed E-state index contributed by atoms with van der Waals surface area (Å²) in [5.74, 6) is -1.41. The number of rotatable bonds is 13. The Morgan fingerprint density at radius 3 is 1.42 bits per heavy atom. The zero-order chi connectivity index (χ0) is 41.3. The van der Waals surface area contributed by atoms with E-state index in [0.717, 1.165) is 49.6 Å². The minimum atomic E-state index is -1.66. The van der Waals surface area contributed by atoms with Gasteiger partial charge in [0.05, 0.1) is 6.42 Å². The third-order valence-electron chi connectivity index (χ3n) is 10.9. The number of Topliss-reactive ketones (excluding diaryl/α,β-unsaturated/α-hetero) is 1. The molecule has 7 aromatic rings. The van der Waals surface area contributed by atoms with Gasteiger partial charge in [-0.3, -0.25) is 9.59 Å². The molecule has 0 unspecified atom stereocenters. The molecule has 0 aliphatic heterocycles. The summed E-state index contributed by atoms with van der Waals surface area (Å²) in [7, 11) is -1.66. The molecule has 60 heavy (non-hydrogen) atoms. The highest BCUT2D eigenvalue weighted by molar-refractivity contribution is 7.75. The van der Waals surface area contributed by atoms with Gasteiger partial charge in [-0.25, -0.2) is 4.79 Å². The lowest BCUT2D eigenvalue weighted by molar-refractivity contribution is -0.125. The summed E-state index contributed by atoms with van der Waals surface area (Å²) in [6, 6.07) is 64.5. The number of nitrogens with one attached hydrogen (secondary N) is 2. The van der Waals surface area contributed by atoms with E-state index in [1.807, 2.05) is 188 Å². The smallest absolute Gasteiger partial charge is 0.407 e. The molecule has 2 N–H and O–H groups in total. The topological polar surface area (TPSA) is 108 Å². The fourth-order valence-corrected chi connectivity index (χ4v) is 10.4. The molecule has 0 heterocycles. The van der Waals surface area contributed by atoms with Crippen LogP contribution in [0.5, 0.6) is 0 Å². The minimum absolute atomic E-state index is 0.00165. The molecule has 292 valence electrons. The molecule has 1 atom stereocenters. The van der Waals surface area contributed by atoms with Crippen molar-refractivity contribution in [2.75, 3.05) is 6.61 Å². The zero-order valence-corrected chi connectivity index (χ0v) is 33.5. The predicted octanol–water partition coefficient (Wildman–Crippen LogP) is 8.79. The Balaban J connectivity index is 1.17. The second-order valence-electron chi connectivity index (χ2n) is 14.5. The number of nitrogens with zero attached hydrogens (tertiary/aromatic N) is 1. The first-order chi connectivity index (χ1) is 29.5. The molecular formula is C52H41N3O4P+. The van der Waals surface area contributed by atoms with Gasteiger partial charge < -0.3 is 15.4 Å². The molecule has 8 rings (SSSR count). The fourth-order valence-electron chi connectivity index (χ4n) is 8.16. The van der Waals surface area contributed by atoms with Crippen LogP contribution in [0.4, 0.5) is 4.79 Å². The molecule has 1 aliphatic carbocycles. The Morgan fingerprint density at radius 1 is 0.583 bits per heavy atom. The van der Waals surface area contributed by atoms with Crippen LogP contribution in [0.15, 0.2) is 200 Å². The van der Waals surface area contributed by atoms with Gasteiger partial charge in [0.2, 0.25) is 11.7 Å². The molecule has 8 heteroatoms. The lowest BCUT2D eigenvalue weighted by Crippen LogP contribution is -2.52. The number of hydrogen-bond acceptors (Lipinski definition) is 5. The van der Waals surface area contributed by atoms with Crippen molar-refractivity contribution in [2.45, 2.75) is 23.9 Å². The molecule has 0 radical (unpaired) electrons. The number of alkyl carbamates (subject to hydrolysis) is 1. The van der Waals surface area contributed by atoms with Crippen molar-refractivity contribution in [3.8, 4) is 17.2 Å². The van der Waals surface area contributed by atoms with Gasteiger partial charge in [-0.15, -0.1) is 0 Å². The van der Waals surface area contributed by atoms with Gasteiger partial charge in [-0.2, -0.15) is 5.26 Å². The molecule has 7 nitrogen and oxygen atoms in total. The quantitative estimate of drug-likeness (QED) is 0.0896. The largest absolute Gasteiger partial charge is 0.449 e. The van der Waals surface area contributed by atoms with Gasteiger partial charge in [0, 0.05) is 5.92 Å². The van der Waals surface area contributed by atoms with E-state index < -0.39 is 43.3 Å². The Labute approximate surface area is 350 Å². The Bertz CT molecular complexity index is 2520. The van der Waals surface area contributed by atoms with Crippen molar-refractivity contribution in [2.24, 2.45) is 0 Å². The molecule has 0 bridgehead atoms. The minimum Gasteiger partial charge on any atom is -0.449 e. The summed E-state index contributed by atoms with van der Waals surface area (Å²) in [6.07, 6.45) is -1.35. The molecule has 0 fully saturated rings. The summed E-state index contributed by atoms with van der Waals surface area (Å²) in [6.45, 7) is 0.00165. The number of nitriles is 1. The molecule has 0 saturated heterocycles. The lowest BCUT2D eigenvalue weighted by Gasteiger charge is -2.37. The lowest BCUT2D eigenvalue weighted by atomic mass is 9.77. The van der Waals surface area contributed by atoms with E-state index in [-0.39, 0.29) is 17.8 Å². The van der Waals surface area contributed by atoms with E-state index in [4.69, 9.17) is 4.74 Å². The maximum Gasteiger partial charge on any atom is 0.407 e. The summed E-state index contributed by atoms with van der Waals surface area (Å²) < 4.78 is 5.93. The predicted molar refractivity (Wildman–Crippen MR) is 239 cm³/mol. The van der Waals surface area contributed by atoms with E-state index in [1.54, 1.807) is 0 Å². The number of hydrogen-bond donors (Lipinski definition) is 2. The maximum atomic E-state index is 15.0. The summed E-state index contributed by atoms with van der Waals surface area (Å²) in [5, 5.41) is 18.4. The Morgan fingerprint density at radius 2 is 0.983 bits per heavy atom. The van der Waals surface area contributed by atoms with E-state index in [9.17, 15) is 14.9 Å². The van der Waals surface area contributed by atoms with Gasteiger partial charge in [0.25, 0.3) is 5.29 Å². The average molecular weight is 803 g/mol. The average Bonchev–Trinajstić information content (AvgIpc) is 3.63. The van der Waals surface area contributed by atoms with Crippen LogP contribution < -0.4 is 21.2 Å². The summed E-state index contributed by atoms with van der Waals surface area (Å²) >= 11 is 0. The highest BCUT2D eigenvalue weighted by atomic mass is 31.1. The van der Waals surface area contributed by atoms with Crippen molar-refractivity contribution in [3.05, 3.63) is 228 Å². The third-order valence-corrected chi connectivity index (χ3v) is 13.3. The number of ketones is 1. The van der Waals surface area contributed by atoms with Crippen LogP contribution in [0.1, 0.15) is 40.2 Å². The first-order valence-corrected chi connectivity index (χ1v) is 21.1. The number of carbonyl (C=O) groups is 3. The van der Waals surface area contributed by atoms with Gasteiger partial charge in [-0.05, 0) is 63.2 Å². The Kier molecular flexibility index (Phi) is 11.9.